The average molecular weight is 313 g/mol. The van der Waals surface area contributed by atoms with Crippen molar-refractivity contribution in [1.29, 1.82) is 0 Å². The third-order valence-corrected chi connectivity index (χ3v) is 3.15. The van der Waals surface area contributed by atoms with Gasteiger partial charge in [0.15, 0.2) is 0 Å². The first-order chi connectivity index (χ1) is 8.69. The molecular formula is C12H10BrFN2O2. The largest absolute Gasteiger partial charge is 0.465 e. The van der Waals surface area contributed by atoms with E-state index in [2.05, 4.69) is 25.8 Å². The first-order valence-electron chi connectivity index (χ1n) is 5.15. The Bertz CT molecular complexity index is 583. The minimum Gasteiger partial charge on any atom is -0.465 e. The number of rotatable bonds is 3. The van der Waals surface area contributed by atoms with E-state index in [0.29, 0.717) is 5.69 Å². The SMILES string of the molecule is COC(=O)c1cnn(-c2ccccc2Br)c1CF. The fourth-order valence-corrected chi connectivity index (χ4v) is 2.07. The highest BCUT2D eigenvalue weighted by atomic mass is 79.9. The van der Waals surface area contributed by atoms with E-state index in [1.165, 1.54) is 18.0 Å². The Balaban J connectivity index is 2.56. The molecule has 18 heavy (non-hydrogen) atoms. The maximum atomic E-state index is 13.1. The molecule has 0 bridgehead atoms. The number of alkyl halides is 1. The number of carbonyl (C=O) groups excluding carboxylic acids is 1. The molecule has 0 radical (unpaired) electrons. The number of para-hydroxylation sites is 1. The Hall–Kier alpha value is -1.69. The van der Waals surface area contributed by atoms with E-state index >= 15 is 0 Å². The van der Waals surface area contributed by atoms with Crippen LogP contribution in [0.25, 0.3) is 5.69 Å². The summed E-state index contributed by atoms with van der Waals surface area (Å²) in [5.41, 5.74) is 0.977. The Morgan fingerprint density at radius 3 is 2.83 bits per heavy atom. The molecule has 6 heteroatoms. The van der Waals surface area contributed by atoms with Crippen molar-refractivity contribution >= 4 is 21.9 Å². The molecule has 4 nitrogen and oxygen atoms in total. The summed E-state index contributed by atoms with van der Waals surface area (Å²) < 4.78 is 19.8. The number of hydrogen-bond donors (Lipinski definition) is 0. The maximum Gasteiger partial charge on any atom is 0.341 e. The highest BCUT2D eigenvalue weighted by Gasteiger charge is 2.19. The first kappa shape index (κ1) is 12.8. The second-order valence-electron chi connectivity index (χ2n) is 3.49. The summed E-state index contributed by atoms with van der Waals surface area (Å²) in [5, 5.41) is 4.03. The van der Waals surface area contributed by atoms with E-state index in [1.54, 1.807) is 6.07 Å². The van der Waals surface area contributed by atoms with Gasteiger partial charge in [0.25, 0.3) is 0 Å². The van der Waals surface area contributed by atoms with Crippen LogP contribution in [0, 0.1) is 0 Å². The first-order valence-corrected chi connectivity index (χ1v) is 5.94. The zero-order chi connectivity index (χ0) is 13.1. The van der Waals surface area contributed by atoms with E-state index in [9.17, 15) is 9.18 Å². The smallest absolute Gasteiger partial charge is 0.341 e. The molecule has 0 N–H and O–H groups in total. The molecule has 0 aliphatic rings. The molecule has 0 aliphatic heterocycles. The maximum absolute atomic E-state index is 13.1. The summed E-state index contributed by atoms with van der Waals surface area (Å²) in [6.45, 7) is -0.800. The Kier molecular flexibility index (Phi) is 3.76. The van der Waals surface area contributed by atoms with Gasteiger partial charge in [-0.05, 0) is 28.1 Å². The minimum atomic E-state index is -0.800. The molecule has 1 heterocycles. The van der Waals surface area contributed by atoms with Crippen molar-refractivity contribution in [2.45, 2.75) is 6.67 Å². The lowest BCUT2D eigenvalue weighted by molar-refractivity contribution is 0.0598. The number of halogens is 2. The molecule has 1 aromatic heterocycles. The van der Waals surface area contributed by atoms with Gasteiger partial charge in [0, 0.05) is 4.47 Å². The van der Waals surface area contributed by atoms with Crippen LogP contribution in [0.1, 0.15) is 16.1 Å². The normalized spacial score (nSPS) is 10.4. The molecule has 0 atom stereocenters. The van der Waals surface area contributed by atoms with Crippen LogP contribution < -0.4 is 0 Å². The summed E-state index contributed by atoms with van der Waals surface area (Å²) >= 11 is 3.36. The third-order valence-electron chi connectivity index (χ3n) is 2.48. The number of carbonyl (C=O) groups is 1. The van der Waals surface area contributed by atoms with Gasteiger partial charge in [-0.15, -0.1) is 0 Å². The van der Waals surface area contributed by atoms with Crippen LogP contribution in [0.15, 0.2) is 34.9 Å². The number of aromatic nitrogens is 2. The monoisotopic (exact) mass is 312 g/mol. The van der Waals surface area contributed by atoms with Gasteiger partial charge in [-0.3, -0.25) is 0 Å². The molecule has 2 rings (SSSR count). The van der Waals surface area contributed by atoms with Gasteiger partial charge in [0.1, 0.15) is 12.2 Å². The second kappa shape index (κ2) is 5.30. The molecule has 0 amide bonds. The van der Waals surface area contributed by atoms with Gasteiger partial charge in [0.2, 0.25) is 0 Å². The van der Waals surface area contributed by atoms with Crippen LogP contribution in [0.3, 0.4) is 0 Å². The Labute approximate surface area is 111 Å². The van der Waals surface area contributed by atoms with Crippen LogP contribution in [0.2, 0.25) is 0 Å². The summed E-state index contributed by atoms with van der Waals surface area (Å²) in [4.78, 5) is 11.5. The predicted octanol–water partition coefficient (Wildman–Crippen LogP) is 2.89. The van der Waals surface area contributed by atoms with Gasteiger partial charge in [-0.2, -0.15) is 5.10 Å². The lowest BCUT2D eigenvalue weighted by atomic mass is 10.2. The second-order valence-corrected chi connectivity index (χ2v) is 4.35. The Morgan fingerprint density at radius 2 is 2.22 bits per heavy atom. The van der Waals surface area contributed by atoms with Crippen molar-refractivity contribution < 1.29 is 13.9 Å². The van der Waals surface area contributed by atoms with Crippen LogP contribution >= 0.6 is 15.9 Å². The van der Waals surface area contributed by atoms with E-state index in [1.807, 2.05) is 18.2 Å². The molecule has 94 valence electrons. The van der Waals surface area contributed by atoms with Gasteiger partial charge < -0.3 is 4.74 Å². The molecule has 0 unspecified atom stereocenters. The van der Waals surface area contributed by atoms with Crippen molar-refractivity contribution in [2.24, 2.45) is 0 Å². The molecule has 0 fully saturated rings. The van der Waals surface area contributed by atoms with Gasteiger partial charge in [-0.25, -0.2) is 13.9 Å². The van der Waals surface area contributed by atoms with Crippen LogP contribution in [0.5, 0.6) is 0 Å². The molecule has 2 aromatic rings. The topological polar surface area (TPSA) is 44.1 Å². The van der Waals surface area contributed by atoms with E-state index < -0.39 is 12.6 Å². The van der Waals surface area contributed by atoms with Gasteiger partial charge in [0.05, 0.1) is 24.7 Å². The summed E-state index contributed by atoms with van der Waals surface area (Å²) in [6, 6.07) is 7.24. The lowest BCUT2D eigenvalue weighted by Crippen LogP contribution is -2.07. The number of esters is 1. The molecule has 0 aliphatic carbocycles. The van der Waals surface area contributed by atoms with Crippen LogP contribution in [0.4, 0.5) is 4.39 Å². The van der Waals surface area contributed by atoms with Gasteiger partial charge in [-0.1, -0.05) is 12.1 Å². The molecule has 0 saturated heterocycles. The summed E-state index contributed by atoms with van der Waals surface area (Å²) in [7, 11) is 1.25. The number of methoxy groups -OCH3 is 1. The average Bonchev–Trinajstić information content (AvgIpc) is 2.81. The van der Waals surface area contributed by atoms with Gasteiger partial charge >= 0.3 is 5.97 Å². The van der Waals surface area contributed by atoms with Crippen LogP contribution in [-0.2, 0) is 11.4 Å². The van der Waals surface area contributed by atoms with Crippen molar-refractivity contribution in [1.82, 2.24) is 9.78 Å². The summed E-state index contributed by atoms with van der Waals surface area (Å²) in [6.07, 6.45) is 1.31. The summed E-state index contributed by atoms with van der Waals surface area (Å²) in [5.74, 6) is -0.596. The van der Waals surface area contributed by atoms with Crippen molar-refractivity contribution in [3.8, 4) is 5.69 Å². The zero-order valence-corrected chi connectivity index (χ0v) is 11.1. The number of nitrogens with zero attached hydrogens (tertiary/aromatic N) is 2. The zero-order valence-electron chi connectivity index (χ0n) is 9.56. The van der Waals surface area contributed by atoms with E-state index in [4.69, 9.17) is 0 Å². The fraction of sp³-hybridized carbons (Fsp3) is 0.167. The van der Waals surface area contributed by atoms with E-state index in [0.717, 1.165) is 4.47 Å². The Morgan fingerprint density at radius 1 is 1.50 bits per heavy atom. The molecular weight excluding hydrogens is 303 g/mol. The van der Waals surface area contributed by atoms with Crippen LogP contribution in [-0.4, -0.2) is 22.9 Å². The van der Waals surface area contributed by atoms with Crippen molar-refractivity contribution in [2.75, 3.05) is 7.11 Å². The number of benzene rings is 1. The molecule has 0 saturated carbocycles. The standard InChI is InChI=1S/C12H10BrFN2O2/c1-18-12(17)8-7-15-16(11(8)6-14)10-5-3-2-4-9(10)13/h2-5,7H,6H2,1H3. The molecule has 0 spiro atoms. The fourth-order valence-electron chi connectivity index (χ4n) is 1.61. The minimum absolute atomic E-state index is 0.135. The third kappa shape index (κ3) is 2.15. The quantitative estimate of drug-likeness (QED) is 0.819. The highest BCUT2D eigenvalue weighted by molar-refractivity contribution is 9.10. The number of ether oxygens (including phenoxy) is 1. The van der Waals surface area contributed by atoms with E-state index in [-0.39, 0.29) is 11.3 Å². The van der Waals surface area contributed by atoms with Crippen molar-refractivity contribution in [3.05, 3.63) is 46.2 Å². The lowest BCUT2D eigenvalue weighted by Gasteiger charge is -2.07. The molecule has 1 aromatic carbocycles. The van der Waals surface area contributed by atoms with Crippen molar-refractivity contribution in [3.63, 3.8) is 0 Å². The highest BCUT2D eigenvalue weighted by Crippen LogP contribution is 2.23. The number of hydrogen-bond acceptors (Lipinski definition) is 3. The predicted molar refractivity (Wildman–Crippen MR) is 67.4 cm³/mol.